The summed E-state index contributed by atoms with van der Waals surface area (Å²) in [4.78, 5) is 14.2. The number of aliphatic hydroxyl groups is 1. The molecule has 5 heteroatoms. The van der Waals surface area contributed by atoms with Gasteiger partial charge in [-0.2, -0.15) is 0 Å². The Morgan fingerprint density at radius 1 is 1.50 bits per heavy atom. The molecule has 1 aliphatic carbocycles. The van der Waals surface area contributed by atoms with Gasteiger partial charge in [-0.15, -0.1) is 0 Å². The predicted octanol–water partition coefficient (Wildman–Crippen LogP) is 2.04. The Bertz CT molecular complexity index is 630. The number of carbonyl (C=O) groups excluding carboxylic acids is 1. The Morgan fingerprint density at radius 3 is 2.95 bits per heavy atom. The summed E-state index contributed by atoms with van der Waals surface area (Å²) < 4.78 is 10.9. The Hall–Kier alpha value is -2.01. The van der Waals surface area contributed by atoms with Crippen LogP contribution in [0.15, 0.2) is 28.7 Å². The second kappa shape index (κ2) is 5.17. The Kier molecular flexibility index (Phi) is 3.36. The SMILES string of the molecule is COc1cccc2cc(C(=O)N(CCO)C3CC3)oc12. The molecular formula is C15H17NO4. The van der Waals surface area contributed by atoms with Gasteiger partial charge in [0.1, 0.15) is 0 Å². The van der Waals surface area contributed by atoms with Gasteiger partial charge in [0.05, 0.1) is 13.7 Å². The Morgan fingerprint density at radius 2 is 2.30 bits per heavy atom. The molecule has 5 nitrogen and oxygen atoms in total. The second-order valence-corrected chi connectivity index (χ2v) is 4.94. The summed E-state index contributed by atoms with van der Waals surface area (Å²) in [6, 6.07) is 7.51. The summed E-state index contributed by atoms with van der Waals surface area (Å²) in [7, 11) is 1.57. The number of aliphatic hydroxyl groups excluding tert-OH is 1. The van der Waals surface area contributed by atoms with Gasteiger partial charge in [0.25, 0.3) is 5.91 Å². The third kappa shape index (κ3) is 2.25. The van der Waals surface area contributed by atoms with Crippen molar-refractivity contribution in [2.24, 2.45) is 0 Å². The molecule has 2 aromatic rings. The number of carbonyl (C=O) groups is 1. The van der Waals surface area contributed by atoms with Gasteiger partial charge < -0.3 is 19.2 Å². The highest BCUT2D eigenvalue weighted by Gasteiger charge is 2.34. The number of benzene rings is 1. The molecule has 1 amide bonds. The van der Waals surface area contributed by atoms with Crippen molar-refractivity contribution in [1.82, 2.24) is 4.90 Å². The zero-order valence-corrected chi connectivity index (χ0v) is 11.3. The van der Waals surface area contributed by atoms with E-state index in [4.69, 9.17) is 14.3 Å². The number of hydrogen-bond donors (Lipinski definition) is 1. The van der Waals surface area contributed by atoms with Crippen LogP contribution in [-0.4, -0.2) is 42.2 Å². The number of nitrogens with zero attached hydrogens (tertiary/aromatic N) is 1. The fourth-order valence-electron chi connectivity index (χ4n) is 2.39. The van der Waals surface area contributed by atoms with Gasteiger partial charge in [-0.05, 0) is 25.0 Å². The summed E-state index contributed by atoms with van der Waals surface area (Å²) in [6.45, 7) is 0.309. The van der Waals surface area contributed by atoms with E-state index >= 15 is 0 Å². The van der Waals surface area contributed by atoms with Crippen LogP contribution in [0.3, 0.4) is 0 Å². The number of ether oxygens (including phenoxy) is 1. The molecule has 0 spiro atoms. The predicted molar refractivity (Wildman–Crippen MR) is 73.9 cm³/mol. The Balaban J connectivity index is 1.94. The molecule has 1 aromatic carbocycles. The van der Waals surface area contributed by atoms with E-state index < -0.39 is 0 Å². The number of rotatable bonds is 5. The number of methoxy groups -OCH3 is 1. The van der Waals surface area contributed by atoms with Crippen LogP contribution in [0.25, 0.3) is 11.0 Å². The van der Waals surface area contributed by atoms with E-state index in [1.807, 2.05) is 12.1 Å². The number of amides is 1. The van der Waals surface area contributed by atoms with E-state index in [0.717, 1.165) is 18.2 Å². The quantitative estimate of drug-likeness (QED) is 0.907. The molecule has 0 bridgehead atoms. The lowest BCUT2D eigenvalue weighted by molar-refractivity contribution is 0.0678. The van der Waals surface area contributed by atoms with Crippen molar-refractivity contribution in [2.75, 3.05) is 20.3 Å². The lowest BCUT2D eigenvalue weighted by Gasteiger charge is -2.19. The van der Waals surface area contributed by atoms with Crippen molar-refractivity contribution in [2.45, 2.75) is 18.9 Å². The first-order valence-electron chi connectivity index (χ1n) is 6.73. The van der Waals surface area contributed by atoms with Crippen molar-refractivity contribution in [3.05, 3.63) is 30.0 Å². The molecule has 1 N–H and O–H groups in total. The maximum atomic E-state index is 12.5. The van der Waals surface area contributed by atoms with Crippen LogP contribution < -0.4 is 4.74 Å². The minimum atomic E-state index is -0.167. The first-order valence-corrected chi connectivity index (χ1v) is 6.73. The van der Waals surface area contributed by atoms with E-state index in [9.17, 15) is 4.79 Å². The Labute approximate surface area is 116 Å². The van der Waals surface area contributed by atoms with Gasteiger partial charge in [-0.3, -0.25) is 4.79 Å². The second-order valence-electron chi connectivity index (χ2n) is 4.94. The molecule has 0 aliphatic heterocycles. The largest absolute Gasteiger partial charge is 0.493 e. The molecule has 1 aliphatic rings. The fourth-order valence-corrected chi connectivity index (χ4v) is 2.39. The van der Waals surface area contributed by atoms with Crippen molar-refractivity contribution >= 4 is 16.9 Å². The maximum Gasteiger partial charge on any atom is 0.289 e. The molecule has 0 saturated heterocycles. The molecule has 1 fully saturated rings. The molecule has 0 atom stereocenters. The van der Waals surface area contributed by atoms with Crippen LogP contribution in [0.4, 0.5) is 0 Å². The lowest BCUT2D eigenvalue weighted by atomic mass is 10.2. The number of hydrogen-bond acceptors (Lipinski definition) is 4. The van der Waals surface area contributed by atoms with E-state index in [-0.39, 0.29) is 18.6 Å². The van der Waals surface area contributed by atoms with Gasteiger partial charge in [0, 0.05) is 18.0 Å². The lowest BCUT2D eigenvalue weighted by Crippen LogP contribution is -2.35. The van der Waals surface area contributed by atoms with Gasteiger partial charge in [-0.25, -0.2) is 0 Å². The van der Waals surface area contributed by atoms with Crippen LogP contribution in [0, 0.1) is 0 Å². The zero-order valence-electron chi connectivity index (χ0n) is 11.3. The van der Waals surface area contributed by atoms with E-state index in [2.05, 4.69) is 0 Å². The first-order chi connectivity index (χ1) is 9.74. The van der Waals surface area contributed by atoms with Crippen LogP contribution in [0.5, 0.6) is 5.75 Å². The van der Waals surface area contributed by atoms with Crippen LogP contribution >= 0.6 is 0 Å². The van der Waals surface area contributed by atoms with E-state index in [1.54, 1.807) is 24.1 Å². The minimum absolute atomic E-state index is 0.0359. The molecule has 106 valence electrons. The van der Waals surface area contributed by atoms with Crippen molar-refractivity contribution < 1.29 is 19.1 Å². The van der Waals surface area contributed by atoms with Gasteiger partial charge in [0.2, 0.25) is 0 Å². The molecule has 1 aromatic heterocycles. The van der Waals surface area contributed by atoms with Crippen LogP contribution in [0.2, 0.25) is 0 Å². The van der Waals surface area contributed by atoms with Gasteiger partial charge in [0.15, 0.2) is 17.1 Å². The number of furan rings is 1. The van der Waals surface area contributed by atoms with Gasteiger partial charge >= 0.3 is 0 Å². The van der Waals surface area contributed by atoms with E-state index in [1.165, 1.54) is 0 Å². The molecule has 0 unspecified atom stereocenters. The molecule has 1 saturated carbocycles. The molecule has 20 heavy (non-hydrogen) atoms. The average molecular weight is 275 g/mol. The summed E-state index contributed by atoms with van der Waals surface area (Å²) in [6.07, 6.45) is 1.99. The number of para-hydroxylation sites is 1. The molecular weight excluding hydrogens is 258 g/mol. The highest BCUT2D eigenvalue weighted by atomic mass is 16.5. The van der Waals surface area contributed by atoms with Crippen LogP contribution in [0.1, 0.15) is 23.4 Å². The average Bonchev–Trinajstić information content (AvgIpc) is 3.21. The summed E-state index contributed by atoms with van der Waals surface area (Å²) in [5.74, 6) is 0.742. The van der Waals surface area contributed by atoms with Crippen molar-refractivity contribution in [3.8, 4) is 5.75 Å². The standard InChI is InChI=1S/C15H17NO4/c1-19-12-4-2-3-10-9-13(20-14(10)12)15(18)16(7-8-17)11-5-6-11/h2-4,9,11,17H,5-8H2,1H3. The summed E-state index contributed by atoms with van der Waals surface area (Å²) in [5, 5.41) is 9.93. The monoisotopic (exact) mass is 275 g/mol. The van der Waals surface area contributed by atoms with Crippen molar-refractivity contribution in [3.63, 3.8) is 0 Å². The third-order valence-electron chi connectivity index (χ3n) is 3.53. The normalized spacial score (nSPS) is 14.5. The summed E-state index contributed by atoms with van der Waals surface area (Å²) in [5.41, 5.74) is 0.582. The topological polar surface area (TPSA) is 62.9 Å². The highest BCUT2D eigenvalue weighted by Crippen LogP contribution is 2.32. The zero-order chi connectivity index (χ0) is 14.1. The fraction of sp³-hybridized carbons (Fsp3) is 0.400. The van der Waals surface area contributed by atoms with E-state index in [0.29, 0.717) is 23.6 Å². The minimum Gasteiger partial charge on any atom is -0.493 e. The van der Waals surface area contributed by atoms with Gasteiger partial charge in [-0.1, -0.05) is 12.1 Å². The third-order valence-corrected chi connectivity index (χ3v) is 3.53. The molecule has 3 rings (SSSR count). The number of fused-ring (bicyclic) bond motifs is 1. The van der Waals surface area contributed by atoms with Crippen LogP contribution in [-0.2, 0) is 0 Å². The molecule has 1 heterocycles. The molecule has 0 radical (unpaired) electrons. The first kappa shape index (κ1) is 13.0. The van der Waals surface area contributed by atoms with Crippen molar-refractivity contribution in [1.29, 1.82) is 0 Å². The maximum absolute atomic E-state index is 12.5. The summed E-state index contributed by atoms with van der Waals surface area (Å²) >= 11 is 0. The highest BCUT2D eigenvalue weighted by molar-refractivity contribution is 5.97. The smallest absolute Gasteiger partial charge is 0.289 e.